The average molecular weight is 429 g/mol. The summed E-state index contributed by atoms with van der Waals surface area (Å²) in [7, 11) is 0. The Bertz CT molecular complexity index is 896. The number of nitrogens with one attached hydrogen (secondary N) is 1. The molecule has 2 aromatic rings. The van der Waals surface area contributed by atoms with Crippen LogP contribution in [0.15, 0.2) is 29.4 Å². The predicted molar refractivity (Wildman–Crippen MR) is 120 cm³/mol. The van der Waals surface area contributed by atoms with Gasteiger partial charge in [-0.3, -0.25) is 9.59 Å². The molecule has 6 nitrogen and oxygen atoms in total. The minimum Gasteiger partial charge on any atom is -0.352 e. The zero-order chi connectivity index (χ0) is 21.1. The molecule has 4 rings (SSSR count). The molecule has 1 aromatic heterocycles. The summed E-state index contributed by atoms with van der Waals surface area (Å²) in [6.45, 7) is 4.52. The normalized spacial score (nSPS) is 22.5. The summed E-state index contributed by atoms with van der Waals surface area (Å²) < 4.78 is 1.96. The van der Waals surface area contributed by atoms with Gasteiger partial charge in [-0.05, 0) is 58.1 Å². The molecule has 0 spiro atoms. The highest BCUT2D eigenvalue weighted by Crippen LogP contribution is 2.27. The number of imidazole rings is 1. The maximum Gasteiger partial charge on any atom is 0.240 e. The van der Waals surface area contributed by atoms with Gasteiger partial charge in [0.1, 0.15) is 6.54 Å². The minimum atomic E-state index is 0.0245. The number of amides is 2. The van der Waals surface area contributed by atoms with Crippen LogP contribution < -0.4 is 5.32 Å². The van der Waals surface area contributed by atoms with Crippen molar-refractivity contribution in [3.63, 3.8) is 0 Å². The Balaban J connectivity index is 1.48. The zero-order valence-corrected chi connectivity index (χ0v) is 18.8. The number of carbonyl (C=O) groups excluding carboxylic acids is 2. The molecule has 2 heterocycles. The maximum absolute atomic E-state index is 13.0. The Kier molecular flexibility index (Phi) is 6.66. The van der Waals surface area contributed by atoms with Crippen LogP contribution in [0.5, 0.6) is 0 Å². The number of nitrogens with zero attached hydrogens (tertiary/aromatic N) is 3. The molecule has 7 heteroatoms. The van der Waals surface area contributed by atoms with Crippen LogP contribution in [0.25, 0.3) is 11.0 Å². The van der Waals surface area contributed by atoms with E-state index in [0.717, 1.165) is 41.9 Å². The fraction of sp³-hybridized carbons (Fsp3) is 0.609. The molecule has 2 aliphatic rings. The summed E-state index contributed by atoms with van der Waals surface area (Å²) in [6, 6.07) is 8.75. The number of hydrogen-bond donors (Lipinski definition) is 1. The Labute approximate surface area is 182 Å². The van der Waals surface area contributed by atoms with Gasteiger partial charge in [-0.15, -0.1) is 0 Å². The molecule has 2 fully saturated rings. The third-order valence-corrected chi connectivity index (χ3v) is 7.41. The van der Waals surface area contributed by atoms with Gasteiger partial charge in [0, 0.05) is 18.1 Å². The first-order valence-electron chi connectivity index (χ1n) is 11.2. The molecule has 1 saturated heterocycles. The second kappa shape index (κ2) is 9.41. The predicted octanol–water partition coefficient (Wildman–Crippen LogP) is 3.98. The van der Waals surface area contributed by atoms with Gasteiger partial charge in [0.2, 0.25) is 11.8 Å². The van der Waals surface area contributed by atoms with Crippen molar-refractivity contribution in [2.75, 3.05) is 5.75 Å². The van der Waals surface area contributed by atoms with Crippen molar-refractivity contribution in [1.82, 2.24) is 19.8 Å². The van der Waals surface area contributed by atoms with E-state index in [1.807, 2.05) is 33.7 Å². The standard InChI is InChI=1S/C23H32N4O2S/c1-16-8-7-9-17(2)27(16)22(29)15-30-23-25-19-12-5-6-13-20(19)26(23)14-21(28)24-18-10-3-4-11-18/h5-6,12-13,16-18H,3-4,7-11,14-15H2,1-2H3,(H,24,28). The summed E-state index contributed by atoms with van der Waals surface area (Å²) in [6.07, 6.45) is 7.84. The number of rotatable bonds is 6. The summed E-state index contributed by atoms with van der Waals surface area (Å²) in [5, 5.41) is 3.90. The van der Waals surface area contributed by atoms with Crippen LogP contribution in [0, 0.1) is 0 Å². The number of piperidine rings is 1. The van der Waals surface area contributed by atoms with Crippen LogP contribution in [0.2, 0.25) is 0 Å². The molecule has 2 unspecified atom stereocenters. The van der Waals surface area contributed by atoms with E-state index in [-0.39, 0.29) is 30.4 Å². The van der Waals surface area contributed by atoms with Crippen molar-refractivity contribution >= 4 is 34.6 Å². The quantitative estimate of drug-likeness (QED) is 0.707. The van der Waals surface area contributed by atoms with E-state index >= 15 is 0 Å². The minimum absolute atomic E-state index is 0.0245. The topological polar surface area (TPSA) is 67.2 Å². The van der Waals surface area contributed by atoms with E-state index < -0.39 is 0 Å². The van der Waals surface area contributed by atoms with E-state index in [1.54, 1.807) is 0 Å². The van der Waals surface area contributed by atoms with Gasteiger partial charge in [0.15, 0.2) is 5.16 Å². The molecule has 1 aliphatic heterocycles. The lowest BCUT2D eigenvalue weighted by molar-refractivity contribution is -0.134. The number of aromatic nitrogens is 2. The largest absolute Gasteiger partial charge is 0.352 e. The van der Waals surface area contributed by atoms with E-state index in [4.69, 9.17) is 4.98 Å². The maximum atomic E-state index is 13.0. The van der Waals surface area contributed by atoms with Gasteiger partial charge in [0.25, 0.3) is 0 Å². The third-order valence-electron chi connectivity index (χ3n) is 6.45. The molecule has 1 aliphatic carbocycles. The monoisotopic (exact) mass is 428 g/mol. The third kappa shape index (κ3) is 4.66. The van der Waals surface area contributed by atoms with Gasteiger partial charge in [-0.25, -0.2) is 4.98 Å². The summed E-state index contributed by atoms with van der Waals surface area (Å²) in [5.41, 5.74) is 1.80. The van der Waals surface area contributed by atoms with E-state index in [0.29, 0.717) is 11.8 Å². The van der Waals surface area contributed by atoms with Crippen LogP contribution in [0.1, 0.15) is 58.8 Å². The van der Waals surface area contributed by atoms with Gasteiger partial charge >= 0.3 is 0 Å². The second-order valence-corrected chi connectivity index (χ2v) is 9.68. The molecular formula is C23H32N4O2S. The van der Waals surface area contributed by atoms with Gasteiger partial charge in [-0.2, -0.15) is 0 Å². The van der Waals surface area contributed by atoms with Gasteiger partial charge in [-0.1, -0.05) is 36.7 Å². The lowest BCUT2D eigenvalue weighted by Crippen LogP contribution is -2.48. The SMILES string of the molecule is CC1CCCC(C)N1C(=O)CSc1nc2ccccc2n1CC(=O)NC1CCCC1. The first-order valence-corrected chi connectivity index (χ1v) is 12.2. The number of benzene rings is 1. The highest BCUT2D eigenvalue weighted by molar-refractivity contribution is 7.99. The fourth-order valence-corrected chi connectivity index (χ4v) is 5.80. The highest BCUT2D eigenvalue weighted by Gasteiger charge is 2.29. The molecule has 2 amide bonds. The molecule has 1 aromatic carbocycles. The fourth-order valence-electron chi connectivity index (χ4n) is 4.92. The second-order valence-electron chi connectivity index (χ2n) is 8.74. The molecular weight excluding hydrogens is 396 g/mol. The first-order chi connectivity index (χ1) is 14.5. The molecule has 0 bridgehead atoms. The summed E-state index contributed by atoms with van der Waals surface area (Å²) in [5.74, 6) is 0.535. The lowest BCUT2D eigenvalue weighted by Gasteiger charge is -2.39. The molecule has 162 valence electrons. The van der Waals surface area contributed by atoms with Crippen LogP contribution in [-0.2, 0) is 16.1 Å². The van der Waals surface area contributed by atoms with Crippen LogP contribution in [0.4, 0.5) is 0 Å². The van der Waals surface area contributed by atoms with E-state index in [1.165, 1.54) is 31.0 Å². The summed E-state index contributed by atoms with van der Waals surface area (Å²) >= 11 is 1.44. The lowest BCUT2D eigenvalue weighted by atomic mass is 9.98. The van der Waals surface area contributed by atoms with Crippen molar-refractivity contribution in [2.24, 2.45) is 0 Å². The summed E-state index contributed by atoms with van der Waals surface area (Å²) in [4.78, 5) is 32.4. The molecule has 1 N–H and O–H groups in total. The molecule has 2 atom stereocenters. The number of carbonyl (C=O) groups is 2. The number of para-hydroxylation sites is 2. The first kappa shape index (κ1) is 21.2. The average Bonchev–Trinajstić information content (AvgIpc) is 3.34. The van der Waals surface area contributed by atoms with Crippen LogP contribution >= 0.6 is 11.8 Å². The van der Waals surface area contributed by atoms with Crippen molar-refractivity contribution in [3.8, 4) is 0 Å². The Morgan fingerprint density at radius 3 is 2.50 bits per heavy atom. The Morgan fingerprint density at radius 2 is 1.77 bits per heavy atom. The molecule has 30 heavy (non-hydrogen) atoms. The van der Waals surface area contributed by atoms with Crippen LogP contribution in [-0.4, -0.2) is 50.1 Å². The number of fused-ring (bicyclic) bond motifs is 1. The molecule has 1 saturated carbocycles. The van der Waals surface area contributed by atoms with Gasteiger partial charge < -0.3 is 14.8 Å². The zero-order valence-electron chi connectivity index (χ0n) is 18.0. The number of likely N-dealkylation sites (tertiary alicyclic amines) is 1. The van der Waals surface area contributed by atoms with E-state index in [9.17, 15) is 9.59 Å². The number of hydrogen-bond acceptors (Lipinski definition) is 4. The highest BCUT2D eigenvalue weighted by atomic mass is 32.2. The molecule has 0 radical (unpaired) electrons. The van der Waals surface area contributed by atoms with Crippen LogP contribution in [0.3, 0.4) is 0 Å². The van der Waals surface area contributed by atoms with E-state index in [2.05, 4.69) is 19.2 Å². The Morgan fingerprint density at radius 1 is 1.07 bits per heavy atom. The van der Waals surface area contributed by atoms with Crippen molar-refractivity contribution in [2.45, 2.75) is 88.6 Å². The Hall–Kier alpha value is -2.02. The van der Waals surface area contributed by atoms with Gasteiger partial charge in [0.05, 0.1) is 16.8 Å². The van der Waals surface area contributed by atoms with Crippen molar-refractivity contribution < 1.29 is 9.59 Å². The van der Waals surface area contributed by atoms with Crippen molar-refractivity contribution in [1.29, 1.82) is 0 Å². The smallest absolute Gasteiger partial charge is 0.240 e. The number of thioether (sulfide) groups is 1. The van der Waals surface area contributed by atoms with Crippen molar-refractivity contribution in [3.05, 3.63) is 24.3 Å².